The summed E-state index contributed by atoms with van der Waals surface area (Å²) in [4.78, 5) is 13.9. The average Bonchev–Trinajstić information content (AvgIpc) is 2.66. The molecule has 1 atom stereocenters. The minimum Gasteiger partial charge on any atom is -0.302 e. The summed E-state index contributed by atoms with van der Waals surface area (Å²) in [6.45, 7) is 5.00. The van der Waals surface area contributed by atoms with Crippen LogP contribution in [0.5, 0.6) is 0 Å². The van der Waals surface area contributed by atoms with Crippen LogP contribution in [0, 0.1) is 5.92 Å². The first-order valence-corrected chi connectivity index (χ1v) is 10.2. The molecule has 0 bridgehead atoms. The highest BCUT2D eigenvalue weighted by Crippen LogP contribution is 2.28. The lowest BCUT2D eigenvalue weighted by atomic mass is 9.89. The van der Waals surface area contributed by atoms with Crippen molar-refractivity contribution in [2.75, 3.05) is 25.4 Å². The van der Waals surface area contributed by atoms with Crippen molar-refractivity contribution < 1.29 is 4.79 Å². The first kappa shape index (κ1) is 18.2. The van der Waals surface area contributed by atoms with Gasteiger partial charge in [0.15, 0.2) is 5.12 Å². The summed E-state index contributed by atoms with van der Waals surface area (Å²) in [5.41, 5.74) is 2.77. The Hall–Kier alpha value is -1.58. The third kappa shape index (κ3) is 5.45. The second kappa shape index (κ2) is 9.21. The van der Waals surface area contributed by atoms with Gasteiger partial charge < -0.3 is 4.90 Å². The average molecular weight is 354 g/mol. The van der Waals surface area contributed by atoms with Gasteiger partial charge in [-0.15, -0.1) is 0 Å². The molecular formula is C22H27NOS. The lowest BCUT2D eigenvalue weighted by molar-refractivity contribution is -0.109. The zero-order valence-electron chi connectivity index (χ0n) is 14.9. The predicted molar refractivity (Wildman–Crippen MR) is 107 cm³/mol. The summed E-state index contributed by atoms with van der Waals surface area (Å²) in [5.74, 6) is 2.00. The molecule has 25 heavy (non-hydrogen) atoms. The van der Waals surface area contributed by atoms with E-state index in [0.717, 1.165) is 25.4 Å². The van der Waals surface area contributed by atoms with E-state index in [2.05, 4.69) is 65.6 Å². The fourth-order valence-corrected chi connectivity index (χ4v) is 4.46. The number of likely N-dealkylation sites (tertiary alicyclic amines) is 1. The molecule has 3 heteroatoms. The molecule has 1 aliphatic heterocycles. The highest BCUT2D eigenvalue weighted by atomic mass is 32.2. The molecule has 0 aromatic heterocycles. The zero-order chi connectivity index (χ0) is 17.5. The molecule has 0 amide bonds. The number of hydrogen-bond donors (Lipinski definition) is 0. The van der Waals surface area contributed by atoms with Gasteiger partial charge in [0.1, 0.15) is 0 Å². The number of carbonyl (C=O) groups excluding carboxylic acids is 1. The molecule has 2 aromatic carbocycles. The van der Waals surface area contributed by atoms with Crippen LogP contribution in [0.2, 0.25) is 0 Å². The maximum atomic E-state index is 11.3. The van der Waals surface area contributed by atoms with Crippen molar-refractivity contribution in [2.24, 2.45) is 5.92 Å². The van der Waals surface area contributed by atoms with E-state index in [4.69, 9.17) is 0 Å². The van der Waals surface area contributed by atoms with Crippen molar-refractivity contribution in [1.82, 2.24) is 4.90 Å². The van der Waals surface area contributed by atoms with E-state index in [0.29, 0.717) is 11.8 Å². The molecule has 1 heterocycles. The summed E-state index contributed by atoms with van der Waals surface area (Å²) in [5, 5.41) is 0.239. The number of benzene rings is 2. The third-order valence-electron chi connectivity index (χ3n) is 4.97. The van der Waals surface area contributed by atoms with E-state index < -0.39 is 0 Å². The van der Waals surface area contributed by atoms with Gasteiger partial charge in [-0.1, -0.05) is 72.4 Å². The molecule has 0 saturated carbocycles. The van der Waals surface area contributed by atoms with E-state index in [-0.39, 0.29) is 5.12 Å². The van der Waals surface area contributed by atoms with Gasteiger partial charge in [0.2, 0.25) is 0 Å². The van der Waals surface area contributed by atoms with Gasteiger partial charge in [-0.05, 0) is 36.4 Å². The Kier molecular flexibility index (Phi) is 6.71. The molecule has 2 nitrogen and oxygen atoms in total. The van der Waals surface area contributed by atoms with Crippen LogP contribution in [0.3, 0.4) is 0 Å². The van der Waals surface area contributed by atoms with Gasteiger partial charge in [-0.3, -0.25) is 4.79 Å². The number of nitrogens with zero attached hydrogens (tertiary/aromatic N) is 1. The third-order valence-corrected chi connectivity index (χ3v) is 6.01. The van der Waals surface area contributed by atoms with Crippen LogP contribution in [0.15, 0.2) is 60.7 Å². The maximum absolute atomic E-state index is 11.3. The SMILES string of the molecule is CC(=O)SCC1CCCN(CC(c2ccccc2)c2ccccc2)C1. The topological polar surface area (TPSA) is 20.3 Å². The fraction of sp³-hybridized carbons (Fsp3) is 0.409. The van der Waals surface area contributed by atoms with Crippen LogP contribution in [0.4, 0.5) is 0 Å². The van der Waals surface area contributed by atoms with Crippen molar-refractivity contribution in [3.8, 4) is 0 Å². The van der Waals surface area contributed by atoms with Crippen LogP contribution in [0.25, 0.3) is 0 Å². The number of thioether (sulfide) groups is 1. The molecule has 0 spiro atoms. The minimum absolute atomic E-state index is 0.239. The van der Waals surface area contributed by atoms with E-state index in [9.17, 15) is 4.79 Å². The van der Waals surface area contributed by atoms with Crippen molar-refractivity contribution >= 4 is 16.9 Å². The Morgan fingerprint density at radius 1 is 1.08 bits per heavy atom. The quantitative estimate of drug-likeness (QED) is 0.743. The molecule has 1 saturated heterocycles. The Balaban J connectivity index is 1.71. The lowest BCUT2D eigenvalue weighted by Gasteiger charge is -2.35. The molecule has 1 aliphatic rings. The number of piperidine rings is 1. The van der Waals surface area contributed by atoms with Crippen LogP contribution in [-0.4, -0.2) is 35.4 Å². The standard InChI is InChI=1S/C22H27NOS/c1-18(24)25-17-19-9-8-14-23(15-19)16-22(20-10-4-2-5-11-20)21-12-6-3-7-13-21/h2-7,10-13,19,22H,8-9,14-17H2,1H3. The number of hydrogen-bond acceptors (Lipinski definition) is 3. The van der Waals surface area contributed by atoms with E-state index in [1.165, 1.54) is 35.7 Å². The molecule has 1 fully saturated rings. The van der Waals surface area contributed by atoms with Crippen molar-refractivity contribution in [3.63, 3.8) is 0 Å². The number of rotatable bonds is 6. The van der Waals surface area contributed by atoms with E-state index in [1.54, 1.807) is 6.92 Å². The highest BCUT2D eigenvalue weighted by Gasteiger charge is 2.24. The van der Waals surface area contributed by atoms with Gasteiger partial charge in [-0.25, -0.2) is 0 Å². The smallest absolute Gasteiger partial charge is 0.185 e. The van der Waals surface area contributed by atoms with Crippen LogP contribution < -0.4 is 0 Å². The zero-order valence-corrected chi connectivity index (χ0v) is 15.8. The largest absolute Gasteiger partial charge is 0.302 e. The van der Waals surface area contributed by atoms with Crippen LogP contribution in [-0.2, 0) is 4.79 Å². The number of carbonyl (C=O) groups is 1. The molecule has 3 rings (SSSR count). The predicted octanol–water partition coefficient (Wildman–Crippen LogP) is 4.81. The monoisotopic (exact) mass is 353 g/mol. The Morgan fingerprint density at radius 2 is 1.68 bits per heavy atom. The second-order valence-corrected chi connectivity index (χ2v) is 8.14. The fourth-order valence-electron chi connectivity index (χ4n) is 3.72. The first-order chi connectivity index (χ1) is 12.2. The maximum Gasteiger partial charge on any atom is 0.185 e. The van der Waals surface area contributed by atoms with E-state index >= 15 is 0 Å². The second-order valence-electron chi connectivity index (χ2n) is 6.94. The highest BCUT2D eigenvalue weighted by molar-refractivity contribution is 8.13. The van der Waals surface area contributed by atoms with Crippen molar-refractivity contribution in [3.05, 3.63) is 71.8 Å². The summed E-state index contributed by atoms with van der Waals surface area (Å²) < 4.78 is 0. The van der Waals surface area contributed by atoms with Gasteiger partial charge in [0.05, 0.1) is 0 Å². The molecule has 132 valence electrons. The van der Waals surface area contributed by atoms with Crippen LogP contribution >= 0.6 is 11.8 Å². The summed E-state index contributed by atoms with van der Waals surface area (Å²) >= 11 is 1.49. The van der Waals surface area contributed by atoms with Gasteiger partial charge in [0.25, 0.3) is 0 Å². The van der Waals surface area contributed by atoms with Crippen LogP contribution in [0.1, 0.15) is 36.8 Å². The molecule has 1 unspecified atom stereocenters. The lowest BCUT2D eigenvalue weighted by Crippen LogP contribution is -2.39. The Morgan fingerprint density at radius 3 is 2.24 bits per heavy atom. The molecule has 2 aromatic rings. The van der Waals surface area contributed by atoms with E-state index in [1.807, 2.05) is 0 Å². The Labute approximate surface area is 155 Å². The van der Waals surface area contributed by atoms with Gasteiger partial charge >= 0.3 is 0 Å². The molecular weight excluding hydrogens is 326 g/mol. The normalized spacial score (nSPS) is 18.4. The van der Waals surface area contributed by atoms with Crippen molar-refractivity contribution in [1.29, 1.82) is 0 Å². The molecule has 0 N–H and O–H groups in total. The van der Waals surface area contributed by atoms with Gasteiger partial charge in [0, 0.05) is 31.7 Å². The molecule has 0 aliphatic carbocycles. The van der Waals surface area contributed by atoms with Gasteiger partial charge in [-0.2, -0.15) is 0 Å². The summed E-state index contributed by atoms with van der Waals surface area (Å²) in [6, 6.07) is 21.7. The summed E-state index contributed by atoms with van der Waals surface area (Å²) in [6.07, 6.45) is 2.48. The molecule has 0 radical (unpaired) electrons. The summed E-state index contributed by atoms with van der Waals surface area (Å²) in [7, 11) is 0. The Bertz CT molecular complexity index is 619. The first-order valence-electron chi connectivity index (χ1n) is 9.18. The van der Waals surface area contributed by atoms with Crippen molar-refractivity contribution in [2.45, 2.75) is 25.7 Å². The minimum atomic E-state index is 0.239.